The van der Waals surface area contributed by atoms with Crippen molar-refractivity contribution in [2.24, 2.45) is 0 Å². The molecular weight excluding hydrogens is 138 g/mol. The number of hydrogen-bond donors (Lipinski definition) is 0. The molecule has 0 fully saturated rings. The zero-order chi connectivity index (χ0) is 8.27. The van der Waals surface area contributed by atoms with Crippen LogP contribution in [0.15, 0.2) is 29.9 Å². The Hall–Kier alpha value is -1.40. The molecule has 0 saturated carbocycles. The summed E-state index contributed by atoms with van der Waals surface area (Å²) in [5.74, 6) is 0.0156. The number of carbonyl (C=O) groups excluding carboxylic acids is 1. The summed E-state index contributed by atoms with van der Waals surface area (Å²) >= 11 is 0. The molecule has 56 valence electrons. The molecule has 2 heteroatoms. The minimum atomic E-state index is 0.0156. The number of amides is 1. The van der Waals surface area contributed by atoms with Crippen molar-refractivity contribution in [2.45, 2.75) is 0 Å². The summed E-state index contributed by atoms with van der Waals surface area (Å²) in [4.78, 5) is 12.8. The lowest BCUT2D eigenvalue weighted by atomic mass is 10.1. The Morgan fingerprint density at radius 2 is 2.27 bits per heavy atom. The topological polar surface area (TPSA) is 20.3 Å². The molecule has 11 heavy (non-hydrogen) atoms. The monoisotopic (exact) mass is 148 g/mol. The maximum absolute atomic E-state index is 11.3. The van der Waals surface area contributed by atoms with Crippen LogP contribution in [0.3, 0.4) is 0 Å². The highest BCUT2D eigenvalue weighted by Crippen LogP contribution is 2.04. The highest BCUT2D eigenvalue weighted by atomic mass is 16.2. The Morgan fingerprint density at radius 1 is 1.55 bits per heavy atom. The van der Waals surface area contributed by atoms with Crippen molar-refractivity contribution >= 4 is 5.91 Å². The molecule has 1 amide bonds. The molecule has 0 N–H and O–H groups in total. The van der Waals surface area contributed by atoms with E-state index in [-0.39, 0.29) is 5.91 Å². The highest BCUT2D eigenvalue weighted by molar-refractivity contribution is 5.96. The first kappa shape index (κ1) is 7.70. The van der Waals surface area contributed by atoms with Gasteiger partial charge in [-0.3, -0.25) is 4.79 Å². The van der Waals surface area contributed by atoms with Gasteiger partial charge in [0.2, 0.25) is 0 Å². The van der Waals surface area contributed by atoms with E-state index in [1.807, 2.05) is 0 Å². The standard InChI is InChI=1S/C9H10NO/c1-10(2)9(11)8-6-4-3-5-7-8/h3-4,6-7H,1-2H3/q+1. The Bertz CT molecular complexity index is 246. The van der Waals surface area contributed by atoms with Crippen LogP contribution in [0.4, 0.5) is 0 Å². The fourth-order valence-corrected chi connectivity index (χ4v) is 0.785. The molecular formula is C9H10NO+. The number of carbonyl (C=O) groups is 1. The molecule has 0 aromatic heterocycles. The zero-order valence-electron chi connectivity index (χ0n) is 6.66. The number of nitrogens with zero attached hydrogens (tertiary/aromatic N) is 1. The molecule has 0 saturated heterocycles. The maximum atomic E-state index is 11.3. The second kappa shape index (κ2) is 3.13. The average molecular weight is 148 g/mol. The average Bonchev–Trinajstić information content (AvgIpc) is 2.05. The van der Waals surface area contributed by atoms with E-state index in [0.29, 0.717) is 5.57 Å². The van der Waals surface area contributed by atoms with Gasteiger partial charge in [-0.2, -0.15) is 0 Å². The van der Waals surface area contributed by atoms with Crippen molar-refractivity contribution in [3.63, 3.8) is 0 Å². The lowest BCUT2D eigenvalue weighted by molar-refractivity contribution is -0.124. The van der Waals surface area contributed by atoms with E-state index in [4.69, 9.17) is 0 Å². The molecule has 0 spiro atoms. The molecule has 0 heterocycles. The predicted molar refractivity (Wildman–Crippen MR) is 43.7 cm³/mol. The van der Waals surface area contributed by atoms with Gasteiger partial charge < -0.3 is 4.90 Å². The maximum Gasteiger partial charge on any atom is 0.310 e. The van der Waals surface area contributed by atoms with Crippen molar-refractivity contribution in [1.82, 2.24) is 4.90 Å². The van der Waals surface area contributed by atoms with Crippen molar-refractivity contribution in [3.8, 4) is 0 Å². The Morgan fingerprint density at radius 3 is 2.73 bits per heavy atom. The van der Waals surface area contributed by atoms with Gasteiger partial charge in [0.1, 0.15) is 12.2 Å². The van der Waals surface area contributed by atoms with E-state index < -0.39 is 0 Å². The summed E-state index contributed by atoms with van der Waals surface area (Å²) in [6.45, 7) is 0. The zero-order valence-corrected chi connectivity index (χ0v) is 6.66. The van der Waals surface area contributed by atoms with Crippen LogP contribution in [0.5, 0.6) is 0 Å². The fraction of sp³-hybridized carbons (Fsp3) is 0.222. The Kier molecular flexibility index (Phi) is 2.19. The Balaban J connectivity index is 2.77. The first-order chi connectivity index (χ1) is 5.22. The molecule has 0 aromatic rings. The largest absolute Gasteiger partial charge is 0.333 e. The summed E-state index contributed by atoms with van der Waals surface area (Å²) in [6.07, 6.45) is 9.88. The van der Waals surface area contributed by atoms with Gasteiger partial charge in [-0.15, -0.1) is 0 Å². The van der Waals surface area contributed by atoms with E-state index in [1.54, 1.807) is 43.3 Å². The first-order valence-corrected chi connectivity index (χ1v) is 3.39. The predicted octanol–water partition coefficient (Wildman–Crippen LogP) is 0.930. The summed E-state index contributed by atoms with van der Waals surface area (Å²) in [7, 11) is 3.46. The number of likely N-dealkylation sites (N-methyl/N-ethyl adjacent to an activating group) is 1. The third-order valence-corrected chi connectivity index (χ3v) is 1.36. The minimum Gasteiger partial charge on any atom is -0.333 e. The normalized spacial score (nSPS) is 13.8. The molecule has 0 aliphatic heterocycles. The van der Waals surface area contributed by atoms with Gasteiger partial charge in [0, 0.05) is 26.2 Å². The summed E-state index contributed by atoms with van der Waals surface area (Å²) in [5, 5.41) is 0. The van der Waals surface area contributed by atoms with Gasteiger partial charge in [-0.05, 0) is 0 Å². The molecule has 1 aliphatic rings. The van der Waals surface area contributed by atoms with Crippen LogP contribution < -0.4 is 0 Å². The first-order valence-electron chi connectivity index (χ1n) is 3.39. The van der Waals surface area contributed by atoms with E-state index in [2.05, 4.69) is 6.08 Å². The second-order valence-corrected chi connectivity index (χ2v) is 2.49. The molecule has 1 aliphatic carbocycles. The van der Waals surface area contributed by atoms with Crippen LogP contribution >= 0.6 is 0 Å². The minimum absolute atomic E-state index is 0.0156. The van der Waals surface area contributed by atoms with Crippen LogP contribution in [0.2, 0.25) is 0 Å². The SMILES string of the molecule is CN(C)C(=O)C1=CC=C[C+]=C1. The fourth-order valence-electron chi connectivity index (χ4n) is 0.785. The van der Waals surface area contributed by atoms with E-state index in [1.165, 1.54) is 0 Å². The van der Waals surface area contributed by atoms with Gasteiger partial charge >= 0.3 is 5.91 Å². The smallest absolute Gasteiger partial charge is 0.310 e. The third kappa shape index (κ3) is 1.76. The van der Waals surface area contributed by atoms with Crippen LogP contribution in [0.1, 0.15) is 0 Å². The molecule has 2 nitrogen and oxygen atoms in total. The van der Waals surface area contributed by atoms with Gasteiger partial charge in [0.15, 0.2) is 5.57 Å². The number of hydrogen-bond acceptors (Lipinski definition) is 1. The van der Waals surface area contributed by atoms with Crippen molar-refractivity contribution < 1.29 is 4.79 Å². The Labute approximate surface area is 66.5 Å². The van der Waals surface area contributed by atoms with Gasteiger partial charge in [-0.1, -0.05) is 0 Å². The summed E-state index contributed by atoms with van der Waals surface area (Å²) < 4.78 is 0. The van der Waals surface area contributed by atoms with Crippen LogP contribution in [-0.2, 0) is 4.79 Å². The van der Waals surface area contributed by atoms with Gasteiger partial charge in [0.25, 0.3) is 0 Å². The van der Waals surface area contributed by atoms with Crippen LogP contribution in [0, 0.1) is 6.08 Å². The molecule has 0 radical (unpaired) electrons. The molecule has 0 aromatic carbocycles. The van der Waals surface area contributed by atoms with Crippen molar-refractivity contribution in [1.29, 1.82) is 0 Å². The highest BCUT2D eigenvalue weighted by Gasteiger charge is 2.15. The summed E-state index contributed by atoms with van der Waals surface area (Å²) in [5.41, 5.74) is 0.678. The van der Waals surface area contributed by atoms with E-state index in [0.717, 1.165) is 0 Å². The molecule has 0 unspecified atom stereocenters. The van der Waals surface area contributed by atoms with Crippen LogP contribution in [0.25, 0.3) is 0 Å². The lowest BCUT2D eigenvalue weighted by Gasteiger charge is -2.05. The van der Waals surface area contributed by atoms with Crippen molar-refractivity contribution in [3.05, 3.63) is 36.0 Å². The summed E-state index contributed by atoms with van der Waals surface area (Å²) in [6, 6.07) is 0. The number of rotatable bonds is 1. The van der Waals surface area contributed by atoms with E-state index in [9.17, 15) is 4.79 Å². The lowest BCUT2D eigenvalue weighted by Crippen LogP contribution is -2.22. The van der Waals surface area contributed by atoms with Gasteiger partial charge in [0.05, 0.1) is 6.08 Å². The quantitative estimate of drug-likeness (QED) is 0.506. The van der Waals surface area contributed by atoms with Crippen LogP contribution in [-0.4, -0.2) is 24.9 Å². The van der Waals surface area contributed by atoms with E-state index >= 15 is 0 Å². The molecule has 0 bridgehead atoms. The third-order valence-electron chi connectivity index (χ3n) is 1.36. The molecule has 0 atom stereocenters. The van der Waals surface area contributed by atoms with Gasteiger partial charge in [-0.25, -0.2) is 0 Å². The van der Waals surface area contributed by atoms with Crippen molar-refractivity contribution in [2.75, 3.05) is 14.1 Å². The molecule has 1 rings (SSSR count). The number of allylic oxidation sites excluding steroid dienone is 4. The second-order valence-electron chi connectivity index (χ2n) is 2.49.